The molecule has 3 rings (SSSR count). The van der Waals surface area contributed by atoms with Crippen LogP contribution in [0.25, 0.3) is 0 Å². The number of hydrogen-bond donors (Lipinski definition) is 1. The van der Waals surface area contributed by atoms with E-state index in [0.29, 0.717) is 17.7 Å². The van der Waals surface area contributed by atoms with E-state index in [1.807, 2.05) is 67.6 Å². The molecule has 1 amide bonds. The van der Waals surface area contributed by atoms with Gasteiger partial charge in [0.1, 0.15) is 0 Å². The summed E-state index contributed by atoms with van der Waals surface area (Å²) >= 11 is 0. The molecule has 0 radical (unpaired) electrons. The first-order chi connectivity index (χ1) is 14.1. The van der Waals surface area contributed by atoms with Crippen LogP contribution in [0, 0.1) is 0 Å². The summed E-state index contributed by atoms with van der Waals surface area (Å²) in [6.07, 6.45) is 3.28. The van der Waals surface area contributed by atoms with Gasteiger partial charge >= 0.3 is 5.97 Å². The van der Waals surface area contributed by atoms with Crippen LogP contribution in [0.3, 0.4) is 0 Å². The van der Waals surface area contributed by atoms with Crippen molar-refractivity contribution in [1.29, 1.82) is 0 Å². The van der Waals surface area contributed by atoms with Crippen LogP contribution in [-0.4, -0.2) is 30.6 Å². The molecule has 0 heterocycles. The minimum Gasteiger partial charge on any atom is -0.450 e. The zero-order valence-corrected chi connectivity index (χ0v) is 17.1. The Labute approximate surface area is 172 Å². The molecular formula is C24H29NO4. The van der Waals surface area contributed by atoms with Crippen molar-refractivity contribution in [3.8, 4) is 0 Å². The molecule has 1 N–H and O–H groups in total. The Kier molecular flexibility index (Phi) is 7.04. The zero-order chi connectivity index (χ0) is 20.7. The third-order valence-electron chi connectivity index (χ3n) is 5.36. The van der Waals surface area contributed by atoms with E-state index in [2.05, 4.69) is 5.32 Å². The molecule has 0 saturated heterocycles. The largest absolute Gasteiger partial charge is 0.450 e. The van der Waals surface area contributed by atoms with Crippen LogP contribution >= 0.6 is 0 Å². The third-order valence-corrected chi connectivity index (χ3v) is 5.36. The average Bonchev–Trinajstić information content (AvgIpc) is 3.26. The van der Waals surface area contributed by atoms with E-state index in [1.54, 1.807) is 6.92 Å². The van der Waals surface area contributed by atoms with E-state index < -0.39 is 17.7 Å². The summed E-state index contributed by atoms with van der Waals surface area (Å²) in [5.74, 6) is -0.859. The zero-order valence-electron chi connectivity index (χ0n) is 17.1. The molecule has 1 atom stereocenters. The van der Waals surface area contributed by atoms with Crippen LogP contribution in [0.15, 0.2) is 60.7 Å². The van der Waals surface area contributed by atoms with Crippen LogP contribution in [0.5, 0.6) is 0 Å². The van der Waals surface area contributed by atoms with Crippen molar-refractivity contribution in [3.63, 3.8) is 0 Å². The monoisotopic (exact) mass is 395 g/mol. The number of hydrogen-bond acceptors (Lipinski definition) is 4. The first-order valence-electron chi connectivity index (χ1n) is 10.3. The lowest BCUT2D eigenvalue weighted by atomic mass is 9.86. The molecule has 0 aromatic heterocycles. The molecule has 0 bridgehead atoms. The topological polar surface area (TPSA) is 64.6 Å². The number of nitrogens with one attached hydrogen (secondary N) is 1. The summed E-state index contributed by atoms with van der Waals surface area (Å²) in [5.41, 5.74) is -0.0954. The van der Waals surface area contributed by atoms with E-state index in [1.165, 1.54) is 0 Å². The normalized spacial score (nSPS) is 15.7. The predicted molar refractivity (Wildman–Crippen MR) is 111 cm³/mol. The Morgan fingerprint density at radius 2 is 1.52 bits per heavy atom. The molecule has 5 nitrogen and oxygen atoms in total. The van der Waals surface area contributed by atoms with Gasteiger partial charge in [-0.15, -0.1) is 0 Å². The van der Waals surface area contributed by atoms with Gasteiger partial charge in [-0.1, -0.05) is 73.5 Å². The Bertz CT molecular complexity index is 761. The van der Waals surface area contributed by atoms with Crippen molar-refractivity contribution in [3.05, 3.63) is 71.8 Å². The fourth-order valence-electron chi connectivity index (χ4n) is 3.88. The van der Waals surface area contributed by atoms with Crippen LogP contribution in [0.1, 0.15) is 50.7 Å². The maximum atomic E-state index is 13.5. The number of amides is 1. The number of ether oxygens (including phenoxy) is 2. The average molecular weight is 395 g/mol. The molecule has 1 saturated carbocycles. The van der Waals surface area contributed by atoms with Gasteiger partial charge in [0.05, 0.1) is 0 Å². The maximum Gasteiger partial charge on any atom is 0.348 e. The lowest BCUT2D eigenvalue weighted by Gasteiger charge is -2.33. The highest BCUT2D eigenvalue weighted by Gasteiger charge is 2.46. The number of benzene rings is 2. The SMILES string of the molecule is CCOC(C(=O)O[C@H](C)C(=O)NC1CCCC1)(c1ccccc1)c1ccccc1. The van der Waals surface area contributed by atoms with Gasteiger partial charge in [-0.05, 0) is 37.8 Å². The van der Waals surface area contributed by atoms with Gasteiger partial charge in [0.25, 0.3) is 5.91 Å². The number of carbonyl (C=O) groups is 2. The van der Waals surface area contributed by atoms with Crippen molar-refractivity contribution in [2.75, 3.05) is 6.61 Å². The molecule has 154 valence electrons. The van der Waals surface area contributed by atoms with Gasteiger partial charge in [-0.2, -0.15) is 0 Å². The second-order valence-corrected chi connectivity index (χ2v) is 7.38. The Hall–Kier alpha value is -2.66. The number of rotatable bonds is 8. The van der Waals surface area contributed by atoms with Gasteiger partial charge in [0.15, 0.2) is 6.10 Å². The van der Waals surface area contributed by atoms with Gasteiger partial charge in [-0.25, -0.2) is 4.79 Å². The molecule has 2 aromatic carbocycles. The number of esters is 1. The van der Waals surface area contributed by atoms with Crippen LogP contribution in [0.4, 0.5) is 0 Å². The smallest absolute Gasteiger partial charge is 0.348 e. The molecule has 1 aliphatic rings. The molecule has 2 aromatic rings. The standard InChI is InChI=1S/C24H29NO4/c1-3-28-24(19-12-6-4-7-13-19,20-14-8-5-9-15-20)23(27)29-18(2)22(26)25-21-16-10-11-17-21/h4-9,12-15,18,21H,3,10-11,16-17H2,1-2H3,(H,25,26)/t18-/m1/s1. The first-order valence-corrected chi connectivity index (χ1v) is 10.3. The molecule has 5 heteroatoms. The minimum atomic E-state index is -1.43. The summed E-state index contributed by atoms with van der Waals surface area (Å²) in [6.45, 7) is 3.75. The summed E-state index contributed by atoms with van der Waals surface area (Å²) in [5, 5.41) is 2.99. The quantitative estimate of drug-likeness (QED) is 0.687. The predicted octanol–water partition coefficient (Wildman–Crippen LogP) is 3.96. The van der Waals surface area contributed by atoms with Crippen molar-refractivity contribution >= 4 is 11.9 Å². The number of carbonyl (C=O) groups excluding carboxylic acids is 2. The van der Waals surface area contributed by atoms with E-state index in [9.17, 15) is 9.59 Å². The second-order valence-electron chi connectivity index (χ2n) is 7.38. The summed E-state index contributed by atoms with van der Waals surface area (Å²) in [4.78, 5) is 26.0. The Balaban J connectivity index is 1.89. The highest BCUT2D eigenvalue weighted by atomic mass is 16.6. The van der Waals surface area contributed by atoms with Crippen molar-refractivity contribution in [1.82, 2.24) is 5.32 Å². The summed E-state index contributed by atoms with van der Waals surface area (Å²) in [7, 11) is 0. The van der Waals surface area contributed by atoms with Crippen LogP contribution in [0.2, 0.25) is 0 Å². The Morgan fingerprint density at radius 3 is 2.00 bits per heavy atom. The molecular weight excluding hydrogens is 366 g/mol. The van der Waals surface area contributed by atoms with Gasteiger partial charge in [-0.3, -0.25) is 4.79 Å². The second kappa shape index (κ2) is 9.70. The molecule has 0 unspecified atom stereocenters. The summed E-state index contributed by atoms with van der Waals surface area (Å²) in [6, 6.07) is 18.7. The van der Waals surface area contributed by atoms with Crippen LogP contribution in [-0.2, 0) is 24.7 Å². The highest BCUT2D eigenvalue weighted by molar-refractivity contribution is 5.89. The first kappa shape index (κ1) is 21.1. The Morgan fingerprint density at radius 1 is 1.00 bits per heavy atom. The minimum absolute atomic E-state index is 0.170. The summed E-state index contributed by atoms with van der Waals surface area (Å²) < 4.78 is 11.7. The van der Waals surface area contributed by atoms with Crippen molar-refractivity contribution < 1.29 is 19.1 Å². The lowest BCUT2D eigenvalue weighted by Crippen LogP contribution is -2.46. The fourth-order valence-corrected chi connectivity index (χ4v) is 3.88. The molecule has 1 fully saturated rings. The highest BCUT2D eigenvalue weighted by Crippen LogP contribution is 2.35. The van der Waals surface area contributed by atoms with Crippen molar-refractivity contribution in [2.24, 2.45) is 0 Å². The molecule has 1 aliphatic carbocycles. The van der Waals surface area contributed by atoms with E-state index in [-0.39, 0.29) is 11.9 Å². The molecule has 0 aliphatic heterocycles. The van der Waals surface area contributed by atoms with Gasteiger partial charge < -0.3 is 14.8 Å². The fraction of sp³-hybridized carbons (Fsp3) is 0.417. The van der Waals surface area contributed by atoms with E-state index in [4.69, 9.17) is 9.47 Å². The van der Waals surface area contributed by atoms with Crippen molar-refractivity contribution in [2.45, 2.75) is 57.3 Å². The van der Waals surface area contributed by atoms with Gasteiger partial charge in [0, 0.05) is 12.6 Å². The van der Waals surface area contributed by atoms with E-state index >= 15 is 0 Å². The van der Waals surface area contributed by atoms with E-state index in [0.717, 1.165) is 25.7 Å². The maximum absolute atomic E-state index is 13.5. The van der Waals surface area contributed by atoms with Crippen LogP contribution < -0.4 is 5.32 Å². The van der Waals surface area contributed by atoms with Gasteiger partial charge in [0.2, 0.25) is 5.60 Å². The molecule has 29 heavy (non-hydrogen) atoms. The molecule has 0 spiro atoms. The third kappa shape index (κ3) is 4.67. The lowest BCUT2D eigenvalue weighted by molar-refractivity contribution is -0.175.